The number of pyridine rings is 1. The van der Waals surface area contributed by atoms with E-state index in [0.29, 0.717) is 39.0 Å². The maximum atomic E-state index is 6.39. The summed E-state index contributed by atoms with van der Waals surface area (Å²) in [6.45, 7) is 2.02. The molecule has 2 aliphatic heterocycles. The van der Waals surface area contributed by atoms with Gasteiger partial charge < -0.3 is 11.1 Å². The van der Waals surface area contributed by atoms with E-state index in [-0.39, 0.29) is 0 Å². The van der Waals surface area contributed by atoms with Crippen molar-refractivity contribution in [1.82, 2.24) is 31.2 Å². The number of benzene rings is 1. The molecule has 0 aliphatic carbocycles. The third kappa shape index (κ3) is 3.92. The van der Waals surface area contributed by atoms with E-state index in [2.05, 4.69) is 37.8 Å². The van der Waals surface area contributed by atoms with Crippen molar-refractivity contribution in [3.63, 3.8) is 0 Å². The lowest BCUT2D eigenvalue weighted by Crippen LogP contribution is -2.41. The predicted molar refractivity (Wildman–Crippen MR) is 123 cm³/mol. The first-order valence-corrected chi connectivity index (χ1v) is 10.7. The van der Waals surface area contributed by atoms with Gasteiger partial charge in [0.1, 0.15) is 5.82 Å². The molecule has 0 bridgehead atoms. The van der Waals surface area contributed by atoms with E-state index in [1.54, 1.807) is 29.4 Å². The van der Waals surface area contributed by atoms with Gasteiger partial charge in [-0.3, -0.25) is 4.68 Å². The Bertz CT molecular complexity index is 1140. The van der Waals surface area contributed by atoms with Gasteiger partial charge in [-0.2, -0.15) is 5.10 Å². The van der Waals surface area contributed by atoms with E-state index in [9.17, 15) is 0 Å². The Kier molecular flexibility index (Phi) is 5.41. The standard InChI is InChI=1S/C20H21Cl2N9/c21-14-1-2-17(22)18(8-14)31-20(27-28-29-31)16-7-12(9-25-19(16)23)13-10-26-30(11-13)15-3-5-24-6-4-15/h1-2,7-11,15,24,28-29H,3-6H2,(H2,23,25). The smallest absolute Gasteiger partial charge is 0.181 e. The van der Waals surface area contributed by atoms with Crippen LogP contribution in [0.5, 0.6) is 0 Å². The fourth-order valence-electron chi connectivity index (χ4n) is 3.81. The highest BCUT2D eigenvalue weighted by atomic mass is 35.5. The summed E-state index contributed by atoms with van der Waals surface area (Å²) in [7, 11) is 0. The average Bonchev–Trinajstić information content (AvgIpc) is 3.47. The van der Waals surface area contributed by atoms with E-state index in [0.717, 1.165) is 37.1 Å². The number of nitrogens with two attached hydrogens (primary N) is 1. The fourth-order valence-corrected chi connectivity index (χ4v) is 4.18. The van der Waals surface area contributed by atoms with Crippen molar-refractivity contribution in [2.24, 2.45) is 5.10 Å². The van der Waals surface area contributed by atoms with Crippen LogP contribution in [0.2, 0.25) is 10.0 Å². The van der Waals surface area contributed by atoms with E-state index in [4.69, 9.17) is 28.9 Å². The Hall–Kier alpha value is -2.85. The molecule has 2 aliphatic rings. The van der Waals surface area contributed by atoms with E-state index < -0.39 is 0 Å². The lowest BCUT2D eigenvalue weighted by Gasteiger charge is -2.22. The number of nitrogens with zero attached hydrogens (tertiary/aromatic N) is 5. The zero-order valence-electron chi connectivity index (χ0n) is 16.5. The number of hydrazine groups is 2. The number of anilines is 2. The molecule has 31 heavy (non-hydrogen) atoms. The first-order chi connectivity index (χ1) is 15.1. The highest BCUT2D eigenvalue weighted by Gasteiger charge is 2.26. The zero-order chi connectivity index (χ0) is 21.4. The number of hydrogen-bond donors (Lipinski definition) is 4. The van der Waals surface area contributed by atoms with Gasteiger partial charge in [0, 0.05) is 28.5 Å². The van der Waals surface area contributed by atoms with Crippen LogP contribution in [0.25, 0.3) is 11.1 Å². The van der Waals surface area contributed by atoms with Crippen LogP contribution in [0.15, 0.2) is 48.0 Å². The molecule has 0 radical (unpaired) electrons. The molecule has 0 atom stereocenters. The number of aromatic nitrogens is 3. The van der Waals surface area contributed by atoms with Gasteiger partial charge in [0.25, 0.3) is 0 Å². The van der Waals surface area contributed by atoms with Crippen LogP contribution in [0, 0.1) is 0 Å². The van der Waals surface area contributed by atoms with Gasteiger partial charge in [0.2, 0.25) is 0 Å². The molecule has 2 aromatic heterocycles. The molecule has 4 heterocycles. The first-order valence-electron chi connectivity index (χ1n) is 9.95. The van der Waals surface area contributed by atoms with Crippen LogP contribution in [-0.2, 0) is 0 Å². The second-order valence-electron chi connectivity index (χ2n) is 7.44. The molecule has 3 aromatic rings. The highest BCUT2D eigenvalue weighted by molar-refractivity contribution is 6.36. The maximum Gasteiger partial charge on any atom is 0.181 e. The van der Waals surface area contributed by atoms with Gasteiger partial charge >= 0.3 is 0 Å². The Morgan fingerprint density at radius 1 is 1.06 bits per heavy atom. The number of hydrogen-bond acceptors (Lipinski definition) is 8. The average molecular weight is 458 g/mol. The summed E-state index contributed by atoms with van der Waals surface area (Å²) in [6.07, 6.45) is 7.80. The number of halogens is 2. The largest absolute Gasteiger partial charge is 0.383 e. The summed E-state index contributed by atoms with van der Waals surface area (Å²) in [5, 5.41) is 15.1. The van der Waals surface area contributed by atoms with Crippen LogP contribution in [0.3, 0.4) is 0 Å². The minimum atomic E-state index is 0.349. The summed E-state index contributed by atoms with van der Waals surface area (Å²) < 4.78 is 2.04. The summed E-state index contributed by atoms with van der Waals surface area (Å²) in [4.78, 5) is 4.40. The number of hydrazone groups is 1. The molecule has 0 amide bonds. The molecular weight excluding hydrogens is 437 g/mol. The normalized spacial score (nSPS) is 17.0. The minimum Gasteiger partial charge on any atom is -0.383 e. The monoisotopic (exact) mass is 457 g/mol. The molecule has 0 saturated carbocycles. The number of nitrogen functional groups attached to an aromatic ring is 1. The molecule has 11 heteroatoms. The first kappa shape index (κ1) is 20.1. The SMILES string of the molecule is Nc1ncc(-c2cnn(C3CCNCC3)c2)cc1C1=NNNN1c1cc(Cl)ccc1Cl. The molecule has 5 N–H and O–H groups in total. The lowest BCUT2D eigenvalue weighted by atomic mass is 10.1. The molecule has 9 nitrogen and oxygen atoms in total. The summed E-state index contributed by atoms with van der Waals surface area (Å²) in [5.41, 5.74) is 15.1. The Labute approximate surface area is 189 Å². The third-order valence-electron chi connectivity index (χ3n) is 5.46. The number of rotatable bonds is 4. The quantitative estimate of drug-likeness (QED) is 0.476. The van der Waals surface area contributed by atoms with Crippen molar-refractivity contribution in [3.05, 3.63) is 58.5 Å². The lowest BCUT2D eigenvalue weighted by molar-refractivity contribution is 0.343. The van der Waals surface area contributed by atoms with Gasteiger partial charge in [0.15, 0.2) is 5.84 Å². The third-order valence-corrected chi connectivity index (χ3v) is 6.02. The topological polar surface area (TPSA) is 108 Å². The van der Waals surface area contributed by atoms with Gasteiger partial charge in [-0.25, -0.2) is 15.5 Å². The van der Waals surface area contributed by atoms with E-state index in [1.807, 2.05) is 16.9 Å². The van der Waals surface area contributed by atoms with E-state index >= 15 is 0 Å². The van der Waals surface area contributed by atoms with Crippen LogP contribution < -0.4 is 27.1 Å². The van der Waals surface area contributed by atoms with Gasteiger partial charge in [-0.15, -0.1) is 10.6 Å². The van der Waals surface area contributed by atoms with Crippen molar-refractivity contribution in [2.45, 2.75) is 18.9 Å². The predicted octanol–water partition coefficient (Wildman–Crippen LogP) is 2.95. The number of nitrogens with one attached hydrogen (secondary N) is 3. The van der Waals surface area contributed by atoms with Crippen molar-refractivity contribution in [3.8, 4) is 11.1 Å². The molecule has 1 fully saturated rings. The Balaban J connectivity index is 1.47. The molecule has 5 rings (SSSR count). The zero-order valence-corrected chi connectivity index (χ0v) is 18.0. The molecule has 1 saturated heterocycles. The van der Waals surface area contributed by atoms with Gasteiger partial charge in [0.05, 0.1) is 28.5 Å². The molecule has 0 unspecified atom stereocenters. The Morgan fingerprint density at radius 3 is 2.74 bits per heavy atom. The Morgan fingerprint density at radius 2 is 1.90 bits per heavy atom. The van der Waals surface area contributed by atoms with Crippen LogP contribution in [0.4, 0.5) is 11.5 Å². The molecule has 1 aromatic carbocycles. The summed E-state index contributed by atoms with van der Waals surface area (Å²) in [6, 6.07) is 7.55. The van der Waals surface area contributed by atoms with Crippen LogP contribution in [0.1, 0.15) is 24.4 Å². The van der Waals surface area contributed by atoms with Crippen molar-refractivity contribution < 1.29 is 0 Å². The van der Waals surface area contributed by atoms with Crippen LogP contribution >= 0.6 is 23.2 Å². The summed E-state index contributed by atoms with van der Waals surface area (Å²) in [5.74, 6) is 0.878. The summed E-state index contributed by atoms with van der Waals surface area (Å²) >= 11 is 12.6. The highest BCUT2D eigenvalue weighted by Crippen LogP contribution is 2.32. The maximum absolute atomic E-state index is 6.39. The fraction of sp³-hybridized carbons (Fsp3) is 0.250. The number of piperidine rings is 1. The van der Waals surface area contributed by atoms with Gasteiger partial charge in [-0.1, -0.05) is 23.2 Å². The second-order valence-corrected chi connectivity index (χ2v) is 8.28. The van der Waals surface area contributed by atoms with Crippen molar-refractivity contribution in [1.29, 1.82) is 0 Å². The minimum absolute atomic E-state index is 0.349. The van der Waals surface area contributed by atoms with Gasteiger partial charge in [-0.05, 0) is 50.2 Å². The molecule has 0 spiro atoms. The second kappa shape index (κ2) is 8.35. The van der Waals surface area contributed by atoms with Crippen molar-refractivity contribution in [2.75, 3.05) is 23.8 Å². The molecular formula is C20H21Cl2N9. The number of amidine groups is 1. The van der Waals surface area contributed by atoms with Crippen molar-refractivity contribution >= 4 is 40.5 Å². The molecule has 160 valence electrons. The van der Waals surface area contributed by atoms with E-state index in [1.165, 1.54) is 0 Å². The van der Waals surface area contributed by atoms with Crippen LogP contribution in [-0.4, -0.2) is 33.7 Å².